The van der Waals surface area contributed by atoms with E-state index in [1.807, 2.05) is 53.4 Å². The van der Waals surface area contributed by atoms with Gasteiger partial charge in [0.2, 0.25) is 5.91 Å². The molecule has 0 fully saturated rings. The highest BCUT2D eigenvalue weighted by Gasteiger charge is 2.31. The summed E-state index contributed by atoms with van der Waals surface area (Å²) in [6.07, 6.45) is 0.460. The van der Waals surface area contributed by atoms with Crippen molar-refractivity contribution in [3.05, 3.63) is 114 Å². The molecule has 0 radical (unpaired) electrons. The third-order valence-electron chi connectivity index (χ3n) is 5.16. The zero-order valence-corrected chi connectivity index (χ0v) is 19.9. The Balaban J connectivity index is 1.41. The van der Waals surface area contributed by atoms with Gasteiger partial charge in [-0.1, -0.05) is 24.3 Å². The van der Waals surface area contributed by atoms with Gasteiger partial charge in [-0.2, -0.15) is 26.7 Å². The molecule has 1 heterocycles. The molecule has 37 heavy (non-hydrogen) atoms. The Kier molecular flexibility index (Phi) is 7.44. The fourth-order valence-corrected chi connectivity index (χ4v) is 4.33. The van der Waals surface area contributed by atoms with E-state index in [9.17, 15) is 26.4 Å². The summed E-state index contributed by atoms with van der Waals surface area (Å²) >= 11 is 0. The van der Waals surface area contributed by atoms with E-state index >= 15 is 0 Å². The van der Waals surface area contributed by atoms with Gasteiger partial charge in [0, 0.05) is 23.6 Å². The number of carbonyl (C=O) groups excluding carboxylic acids is 1. The minimum Gasteiger partial charge on any atom is -0.378 e. The fraction of sp³-hybridized carbons (Fsp3) is 0.0769. The van der Waals surface area contributed by atoms with Crippen LogP contribution in [0.25, 0.3) is 5.69 Å². The van der Waals surface area contributed by atoms with Crippen LogP contribution in [0.1, 0.15) is 16.7 Å². The lowest BCUT2D eigenvalue weighted by Crippen LogP contribution is -2.20. The lowest BCUT2D eigenvalue weighted by Gasteiger charge is -2.11. The van der Waals surface area contributed by atoms with Crippen LogP contribution >= 0.6 is 0 Å². The first kappa shape index (κ1) is 25.7. The molecular formula is C26H20F3N3O4S. The third kappa shape index (κ3) is 6.64. The van der Waals surface area contributed by atoms with Gasteiger partial charge in [-0.15, -0.1) is 0 Å². The summed E-state index contributed by atoms with van der Waals surface area (Å²) in [5.74, 6) is -0.503. The van der Waals surface area contributed by atoms with Crippen molar-refractivity contribution < 1.29 is 30.6 Å². The smallest absolute Gasteiger partial charge is 0.378 e. The number of para-hydroxylation sites is 1. The number of nitrogens with one attached hydrogen (secondary N) is 1. The monoisotopic (exact) mass is 527 g/mol. The molecule has 3 aromatic carbocycles. The maximum Gasteiger partial charge on any atom is 0.416 e. The first-order valence-corrected chi connectivity index (χ1v) is 12.3. The Bertz CT molecular complexity index is 1520. The quantitative estimate of drug-likeness (QED) is 0.199. The number of alkyl halides is 3. The molecule has 190 valence electrons. The number of hydrogen-bond acceptors (Lipinski definition) is 5. The second kappa shape index (κ2) is 10.7. The molecule has 0 unspecified atom stereocenters. The molecule has 1 N–H and O–H groups in total. The lowest BCUT2D eigenvalue weighted by atomic mass is 10.1. The lowest BCUT2D eigenvalue weighted by molar-refractivity contribution is -0.137. The van der Waals surface area contributed by atoms with E-state index in [4.69, 9.17) is 4.18 Å². The number of rotatable bonds is 8. The van der Waals surface area contributed by atoms with Crippen LogP contribution in [0.4, 0.5) is 13.2 Å². The Hall–Kier alpha value is -4.38. The van der Waals surface area contributed by atoms with Crippen LogP contribution in [0.5, 0.6) is 5.75 Å². The number of halogens is 3. The third-order valence-corrected chi connectivity index (χ3v) is 6.41. The van der Waals surface area contributed by atoms with Crippen LogP contribution < -0.4 is 9.61 Å². The summed E-state index contributed by atoms with van der Waals surface area (Å²) in [6, 6.07) is 20.2. The standard InChI is InChI=1S/C26H20F3N3O4S/c27-26(28,29)21-10-12-23(13-11-21)37(34,35)36-24-9-2-1-7-20(24)18-30-31-25(33)17-19-6-5-8-22(16-19)32-14-3-4-15-32/h1-16,18H,17H2,(H,31,33)/b30-18+. The molecule has 0 aliphatic heterocycles. The van der Waals surface area contributed by atoms with Crippen molar-refractivity contribution in [1.29, 1.82) is 0 Å². The average Bonchev–Trinajstić information content (AvgIpc) is 3.40. The minimum absolute atomic E-state index is 0.0624. The first-order valence-electron chi connectivity index (χ1n) is 10.9. The number of hydrogen-bond donors (Lipinski definition) is 1. The molecular weight excluding hydrogens is 507 g/mol. The maximum absolute atomic E-state index is 12.8. The SMILES string of the molecule is O=C(Cc1cccc(-n2cccc2)c1)N/N=C/c1ccccc1OS(=O)(=O)c1ccc(C(F)(F)F)cc1. The van der Waals surface area contributed by atoms with Crippen LogP contribution in [-0.4, -0.2) is 25.1 Å². The maximum atomic E-state index is 12.8. The van der Waals surface area contributed by atoms with Crippen molar-refractivity contribution >= 4 is 22.2 Å². The van der Waals surface area contributed by atoms with Crippen molar-refractivity contribution in [1.82, 2.24) is 9.99 Å². The number of aromatic nitrogens is 1. The Labute approximate surface area is 211 Å². The van der Waals surface area contributed by atoms with E-state index in [0.717, 1.165) is 23.4 Å². The fourth-order valence-electron chi connectivity index (χ4n) is 3.37. The predicted octanol–water partition coefficient (Wildman–Crippen LogP) is 4.96. The van der Waals surface area contributed by atoms with E-state index < -0.39 is 32.7 Å². The minimum atomic E-state index is -4.60. The van der Waals surface area contributed by atoms with Gasteiger partial charge >= 0.3 is 16.3 Å². The summed E-state index contributed by atoms with van der Waals surface area (Å²) in [6.45, 7) is 0. The Morgan fingerprint density at radius 2 is 1.65 bits per heavy atom. The van der Waals surface area contributed by atoms with E-state index in [-0.39, 0.29) is 17.7 Å². The molecule has 4 rings (SSSR count). The summed E-state index contributed by atoms with van der Waals surface area (Å²) in [7, 11) is -4.42. The van der Waals surface area contributed by atoms with Gasteiger partial charge in [0.15, 0.2) is 5.75 Å². The molecule has 0 aliphatic carbocycles. The van der Waals surface area contributed by atoms with Crippen molar-refractivity contribution in [2.75, 3.05) is 0 Å². The van der Waals surface area contributed by atoms with Crippen LogP contribution in [0.15, 0.2) is 107 Å². The van der Waals surface area contributed by atoms with Gasteiger partial charge in [0.25, 0.3) is 0 Å². The molecule has 0 bridgehead atoms. The summed E-state index contributed by atoms with van der Waals surface area (Å²) in [4.78, 5) is 11.9. The number of amides is 1. The number of carbonyl (C=O) groups is 1. The molecule has 0 saturated heterocycles. The molecule has 4 aromatic rings. The number of nitrogens with zero attached hydrogens (tertiary/aromatic N) is 2. The van der Waals surface area contributed by atoms with Crippen LogP contribution in [0.2, 0.25) is 0 Å². The summed E-state index contributed by atoms with van der Waals surface area (Å²) < 4.78 is 70.5. The van der Waals surface area contributed by atoms with Crippen LogP contribution in [0, 0.1) is 0 Å². The van der Waals surface area contributed by atoms with Crippen molar-refractivity contribution in [3.8, 4) is 11.4 Å². The Morgan fingerprint density at radius 3 is 2.35 bits per heavy atom. The molecule has 0 saturated carbocycles. The molecule has 1 aromatic heterocycles. The van der Waals surface area contributed by atoms with Crippen LogP contribution in [0.3, 0.4) is 0 Å². The second-order valence-corrected chi connectivity index (χ2v) is 9.37. The van der Waals surface area contributed by atoms with Gasteiger partial charge in [-0.3, -0.25) is 4.79 Å². The zero-order chi connectivity index (χ0) is 26.5. The van der Waals surface area contributed by atoms with Crippen LogP contribution in [-0.2, 0) is 27.5 Å². The average molecular weight is 528 g/mol. The molecule has 0 spiro atoms. The first-order chi connectivity index (χ1) is 17.6. The van der Waals surface area contributed by atoms with Crippen molar-refractivity contribution in [2.45, 2.75) is 17.5 Å². The van der Waals surface area contributed by atoms with Crippen molar-refractivity contribution in [3.63, 3.8) is 0 Å². The van der Waals surface area contributed by atoms with E-state index in [0.29, 0.717) is 12.1 Å². The highest BCUT2D eigenvalue weighted by Crippen LogP contribution is 2.30. The normalized spacial score (nSPS) is 12.0. The molecule has 11 heteroatoms. The molecule has 0 atom stereocenters. The second-order valence-electron chi connectivity index (χ2n) is 7.83. The summed E-state index contributed by atoms with van der Waals surface area (Å²) in [5.41, 5.74) is 3.31. The molecule has 0 aliphatic rings. The largest absolute Gasteiger partial charge is 0.416 e. The zero-order valence-electron chi connectivity index (χ0n) is 19.1. The van der Waals surface area contributed by atoms with Gasteiger partial charge in [-0.05, 0) is 66.2 Å². The van der Waals surface area contributed by atoms with Gasteiger partial charge in [-0.25, -0.2) is 5.43 Å². The summed E-state index contributed by atoms with van der Waals surface area (Å²) in [5, 5.41) is 3.88. The highest BCUT2D eigenvalue weighted by molar-refractivity contribution is 7.87. The van der Waals surface area contributed by atoms with Gasteiger partial charge in [0.1, 0.15) is 4.90 Å². The van der Waals surface area contributed by atoms with E-state index in [1.54, 1.807) is 6.07 Å². The Morgan fingerprint density at radius 1 is 0.946 bits per heavy atom. The van der Waals surface area contributed by atoms with Crippen molar-refractivity contribution in [2.24, 2.45) is 5.10 Å². The van der Waals surface area contributed by atoms with Gasteiger partial charge < -0.3 is 8.75 Å². The number of hydrazone groups is 1. The van der Waals surface area contributed by atoms with E-state index in [1.165, 1.54) is 24.4 Å². The highest BCUT2D eigenvalue weighted by atomic mass is 32.2. The number of benzene rings is 3. The van der Waals surface area contributed by atoms with E-state index in [2.05, 4.69) is 10.5 Å². The molecule has 7 nitrogen and oxygen atoms in total. The topological polar surface area (TPSA) is 89.8 Å². The predicted molar refractivity (Wildman–Crippen MR) is 131 cm³/mol. The van der Waals surface area contributed by atoms with Gasteiger partial charge in [0.05, 0.1) is 18.2 Å². The molecule has 1 amide bonds.